The van der Waals surface area contributed by atoms with Crippen molar-refractivity contribution in [1.29, 1.82) is 0 Å². The molecule has 0 aromatic heterocycles. The van der Waals surface area contributed by atoms with Crippen LogP contribution in [0.2, 0.25) is 5.02 Å². The van der Waals surface area contributed by atoms with Crippen LogP contribution in [0.25, 0.3) is 0 Å². The first-order valence-electron chi connectivity index (χ1n) is 5.36. The van der Waals surface area contributed by atoms with E-state index in [9.17, 15) is 17.6 Å². The molecule has 0 amide bonds. The highest BCUT2D eigenvalue weighted by atomic mass is 35.5. The molecule has 0 bridgehead atoms. The number of aliphatic imine (C=N–C) groups is 1. The van der Waals surface area contributed by atoms with Gasteiger partial charge in [-0.3, -0.25) is 0 Å². The summed E-state index contributed by atoms with van der Waals surface area (Å²) in [5.41, 5.74) is 4.43. The van der Waals surface area contributed by atoms with Gasteiger partial charge < -0.3 is 15.4 Å². The molecule has 0 fully saturated rings. The van der Waals surface area contributed by atoms with Gasteiger partial charge in [-0.25, -0.2) is 9.38 Å². The Morgan fingerprint density at radius 3 is 2.57 bits per heavy atom. The summed E-state index contributed by atoms with van der Waals surface area (Å²) < 4.78 is 53.5. The Bertz CT molecular complexity index is 618. The van der Waals surface area contributed by atoms with Crippen LogP contribution in [-0.2, 0) is 0 Å². The minimum atomic E-state index is -4.87. The van der Waals surface area contributed by atoms with Crippen molar-refractivity contribution >= 4 is 34.7 Å². The summed E-state index contributed by atoms with van der Waals surface area (Å²) in [6.07, 6.45) is -3.90. The number of anilines is 1. The summed E-state index contributed by atoms with van der Waals surface area (Å²) in [6, 6.07) is 3.35. The molecule has 0 aliphatic carbocycles. The van der Waals surface area contributed by atoms with Gasteiger partial charge >= 0.3 is 6.36 Å². The summed E-state index contributed by atoms with van der Waals surface area (Å²) in [6.45, 7) is 0. The van der Waals surface area contributed by atoms with Crippen LogP contribution >= 0.6 is 23.2 Å². The zero-order valence-electron chi connectivity index (χ0n) is 10.0. The average Bonchev–Trinajstić information content (AvgIpc) is 2.35. The van der Waals surface area contributed by atoms with E-state index in [2.05, 4.69) is 9.73 Å². The monoisotopic (exact) mass is 343 g/mol. The van der Waals surface area contributed by atoms with E-state index in [1.54, 1.807) is 0 Å². The molecule has 0 radical (unpaired) electrons. The topological polar surface area (TPSA) is 50.8 Å². The van der Waals surface area contributed by atoms with Gasteiger partial charge in [-0.15, -0.1) is 13.2 Å². The normalized spacial score (nSPS) is 19.1. The van der Waals surface area contributed by atoms with Crippen LogP contribution in [0, 0.1) is 0 Å². The minimum Gasteiger partial charge on any atom is -0.404 e. The fourth-order valence-corrected chi connectivity index (χ4v) is 2.03. The van der Waals surface area contributed by atoms with Gasteiger partial charge in [-0.2, -0.15) is 0 Å². The summed E-state index contributed by atoms with van der Waals surface area (Å²) in [5.74, 6) is -1.77. The number of ether oxygens (including phenoxy) is 1. The van der Waals surface area contributed by atoms with E-state index in [1.165, 1.54) is 6.07 Å². The number of halogens is 6. The van der Waals surface area contributed by atoms with Crippen LogP contribution in [0.3, 0.4) is 0 Å². The molecule has 0 spiro atoms. The number of hydrogen-bond donors (Lipinski definition) is 1. The van der Waals surface area contributed by atoms with Crippen LogP contribution in [0.5, 0.6) is 5.75 Å². The Morgan fingerprint density at radius 1 is 1.33 bits per heavy atom. The molecular formula is C11H7Cl2F4N3O. The van der Waals surface area contributed by atoms with Crippen molar-refractivity contribution in [2.24, 2.45) is 10.7 Å². The van der Waals surface area contributed by atoms with Gasteiger partial charge in [-0.1, -0.05) is 23.2 Å². The predicted molar refractivity (Wildman–Crippen MR) is 71.1 cm³/mol. The Morgan fingerprint density at radius 2 is 2.00 bits per heavy atom. The Kier molecular flexibility index (Phi) is 4.20. The van der Waals surface area contributed by atoms with Crippen LogP contribution in [0.15, 0.2) is 35.2 Å². The van der Waals surface area contributed by atoms with Gasteiger partial charge in [-0.05, 0) is 18.2 Å². The molecule has 1 aliphatic rings. The number of rotatable bonds is 2. The second-order valence-electron chi connectivity index (χ2n) is 3.87. The van der Waals surface area contributed by atoms with Crippen molar-refractivity contribution in [3.8, 4) is 5.75 Å². The van der Waals surface area contributed by atoms with E-state index >= 15 is 0 Å². The lowest BCUT2D eigenvalue weighted by atomic mass is 10.2. The van der Waals surface area contributed by atoms with Gasteiger partial charge in [0.05, 0.1) is 5.02 Å². The lowest BCUT2D eigenvalue weighted by Gasteiger charge is -2.27. The van der Waals surface area contributed by atoms with Crippen LogP contribution in [0.1, 0.15) is 0 Å². The molecule has 4 nitrogen and oxygen atoms in total. The number of benzene rings is 1. The van der Waals surface area contributed by atoms with Crippen molar-refractivity contribution in [3.63, 3.8) is 0 Å². The van der Waals surface area contributed by atoms with Crippen molar-refractivity contribution in [2.75, 3.05) is 4.90 Å². The molecule has 1 atom stereocenters. The highest BCUT2D eigenvalue weighted by molar-refractivity contribution is 6.32. The van der Waals surface area contributed by atoms with Gasteiger partial charge in [0.2, 0.25) is 5.62 Å². The maximum Gasteiger partial charge on any atom is 0.573 e. The molecule has 1 aromatic rings. The van der Waals surface area contributed by atoms with Crippen molar-refractivity contribution in [1.82, 2.24) is 0 Å². The SMILES string of the molecule is NC1=NC(Cl)N(c2ccc(OC(F)(F)F)c(Cl)c2)C=C1F. The minimum absolute atomic E-state index is 0.223. The van der Waals surface area contributed by atoms with Crippen LogP contribution in [-0.4, -0.2) is 17.8 Å². The lowest BCUT2D eigenvalue weighted by Crippen LogP contribution is -2.32. The van der Waals surface area contributed by atoms with E-state index in [4.69, 9.17) is 28.9 Å². The fourth-order valence-electron chi connectivity index (χ4n) is 1.54. The predicted octanol–water partition coefficient (Wildman–Crippen LogP) is 3.75. The summed E-state index contributed by atoms with van der Waals surface area (Å²) in [5, 5.41) is -0.315. The third kappa shape index (κ3) is 3.70. The molecular weight excluding hydrogens is 337 g/mol. The van der Waals surface area contributed by atoms with Crippen molar-refractivity contribution in [2.45, 2.75) is 12.0 Å². The van der Waals surface area contributed by atoms with Gasteiger partial charge in [0.15, 0.2) is 11.7 Å². The highest BCUT2D eigenvalue weighted by Gasteiger charge is 2.32. The zero-order chi connectivity index (χ0) is 15.8. The third-order valence-electron chi connectivity index (χ3n) is 2.41. The molecule has 114 valence electrons. The lowest BCUT2D eigenvalue weighted by molar-refractivity contribution is -0.274. The van der Waals surface area contributed by atoms with Gasteiger partial charge in [0.25, 0.3) is 0 Å². The molecule has 2 rings (SSSR count). The van der Waals surface area contributed by atoms with Crippen LogP contribution in [0.4, 0.5) is 23.2 Å². The molecule has 0 saturated heterocycles. The molecule has 1 aromatic carbocycles. The molecule has 1 unspecified atom stereocenters. The number of nitrogens with two attached hydrogens (primary N) is 1. The molecule has 1 aliphatic heterocycles. The van der Waals surface area contributed by atoms with E-state index in [0.29, 0.717) is 0 Å². The Labute approximate surface area is 126 Å². The van der Waals surface area contributed by atoms with E-state index in [1.807, 2.05) is 0 Å². The number of alkyl halides is 4. The van der Waals surface area contributed by atoms with E-state index < -0.39 is 23.6 Å². The maximum atomic E-state index is 13.4. The van der Waals surface area contributed by atoms with Gasteiger partial charge in [0.1, 0.15) is 5.75 Å². The van der Waals surface area contributed by atoms with Crippen molar-refractivity contribution in [3.05, 3.63) is 35.2 Å². The average molecular weight is 344 g/mol. The van der Waals surface area contributed by atoms with Gasteiger partial charge in [0, 0.05) is 11.9 Å². The van der Waals surface area contributed by atoms with Crippen molar-refractivity contribution < 1.29 is 22.3 Å². The fraction of sp³-hybridized carbons (Fsp3) is 0.182. The zero-order valence-corrected chi connectivity index (χ0v) is 11.5. The highest BCUT2D eigenvalue weighted by Crippen LogP contribution is 2.35. The number of amidine groups is 1. The van der Waals surface area contributed by atoms with E-state index in [-0.39, 0.29) is 16.5 Å². The quantitative estimate of drug-likeness (QED) is 0.505. The first kappa shape index (κ1) is 15.7. The number of hydrogen-bond acceptors (Lipinski definition) is 4. The Balaban J connectivity index is 2.29. The summed E-state index contributed by atoms with van der Waals surface area (Å²) in [7, 11) is 0. The standard InChI is InChI=1S/C11H7Cl2F4N3O/c12-6-3-5(1-2-8(6)21-11(15,16)17)20-4-7(14)9(18)19-10(20)13/h1-4,10H,(H2,18,19). The summed E-state index contributed by atoms with van der Waals surface area (Å²) in [4.78, 5) is 4.77. The number of nitrogens with zero attached hydrogens (tertiary/aromatic N) is 2. The largest absolute Gasteiger partial charge is 0.573 e. The first-order chi connectivity index (χ1) is 9.67. The summed E-state index contributed by atoms with van der Waals surface area (Å²) >= 11 is 11.6. The smallest absolute Gasteiger partial charge is 0.404 e. The first-order valence-corrected chi connectivity index (χ1v) is 6.17. The second kappa shape index (κ2) is 5.61. The van der Waals surface area contributed by atoms with Crippen LogP contribution < -0.4 is 15.4 Å². The molecule has 21 heavy (non-hydrogen) atoms. The Hall–Kier alpha value is -1.67. The second-order valence-corrected chi connectivity index (χ2v) is 4.67. The molecule has 2 N–H and O–H groups in total. The molecule has 10 heteroatoms. The van der Waals surface area contributed by atoms with E-state index in [0.717, 1.165) is 23.2 Å². The maximum absolute atomic E-state index is 13.4. The molecule has 0 saturated carbocycles. The molecule has 1 heterocycles. The third-order valence-corrected chi connectivity index (χ3v) is 3.01.